The number of aliphatic hydroxyl groups excluding tert-OH is 1. The zero-order chi connectivity index (χ0) is 16.8. The van der Waals surface area contributed by atoms with E-state index in [1.54, 1.807) is 0 Å². The summed E-state index contributed by atoms with van der Waals surface area (Å²) in [6.07, 6.45) is 5.50. The number of carbonyl (C=O) groups excluding carboxylic acids is 1. The first kappa shape index (κ1) is 17.4. The highest BCUT2D eigenvalue weighted by molar-refractivity contribution is 5.82. The van der Waals surface area contributed by atoms with E-state index in [9.17, 15) is 9.90 Å². The SMILES string of the molecule is O=C(N[C@H](CO)Cc1ccccc1)[C@H]1COCCN1C1CCCC1. The van der Waals surface area contributed by atoms with Gasteiger partial charge >= 0.3 is 0 Å². The van der Waals surface area contributed by atoms with Crippen LogP contribution in [0.5, 0.6) is 0 Å². The molecule has 2 N–H and O–H groups in total. The molecule has 24 heavy (non-hydrogen) atoms. The van der Waals surface area contributed by atoms with Crippen LogP contribution in [-0.2, 0) is 16.0 Å². The number of hydrogen-bond acceptors (Lipinski definition) is 4. The van der Waals surface area contributed by atoms with Crippen LogP contribution in [0.1, 0.15) is 31.2 Å². The van der Waals surface area contributed by atoms with Crippen molar-refractivity contribution in [3.8, 4) is 0 Å². The van der Waals surface area contributed by atoms with Gasteiger partial charge in [0.05, 0.1) is 25.9 Å². The van der Waals surface area contributed by atoms with Gasteiger partial charge in [-0.05, 0) is 24.8 Å². The molecule has 2 fully saturated rings. The third-order valence-corrected chi connectivity index (χ3v) is 5.16. The summed E-state index contributed by atoms with van der Waals surface area (Å²) in [7, 11) is 0. The molecule has 0 unspecified atom stereocenters. The smallest absolute Gasteiger partial charge is 0.240 e. The Labute approximate surface area is 144 Å². The van der Waals surface area contributed by atoms with E-state index in [2.05, 4.69) is 10.2 Å². The molecule has 5 nitrogen and oxygen atoms in total. The molecule has 0 spiro atoms. The minimum Gasteiger partial charge on any atom is -0.394 e. The van der Waals surface area contributed by atoms with Gasteiger partial charge in [-0.2, -0.15) is 0 Å². The summed E-state index contributed by atoms with van der Waals surface area (Å²) in [6.45, 7) is 1.92. The summed E-state index contributed by atoms with van der Waals surface area (Å²) in [5.41, 5.74) is 1.12. The molecule has 132 valence electrons. The van der Waals surface area contributed by atoms with Gasteiger partial charge in [0.1, 0.15) is 6.04 Å². The number of hydrogen-bond donors (Lipinski definition) is 2. The Bertz CT molecular complexity index is 517. The molecule has 1 aliphatic carbocycles. The second-order valence-corrected chi connectivity index (χ2v) is 6.84. The van der Waals surface area contributed by atoms with E-state index in [4.69, 9.17) is 4.74 Å². The minimum atomic E-state index is -0.257. The first-order chi connectivity index (χ1) is 11.8. The fourth-order valence-electron chi connectivity index (χ4n) is 3.87. The van der Waals surface area contributed by atoms with Gasteiger partial charge in [0.2, 0.25) is 5.91 Å². The van der Waals surface area contributed by atoms with Crippen molar-refractivity contribution in [3.63, 3.8) is 0 Å². The molecule has 0 radical (unpaired) electrons. The van der Waals surface area contributed by atoms with Gasteiger partial charge in [-0.1, -0.05) is 43.2 Å². The van der Waals surface area contributed by atoms with Crippen LogP contribution in [0.15, 0.2) is 30.3 Å². The number of nitrogens with zero attached hydrogens (tertiary/aromatic N) is 1. The average molecular weight is 332 g/mol. The number of ether oxygens (including phenoxy) is 1. The van der Waals surface area contributed by atoms with Crippen molar-refractivity contribution in [2.24, 2.45) is 0 Å². The Morgan fingerprint density at radius 2 is 2.04 bits per heavy atom. The Morgan fingerprint density at radius 3 is 2.75 bits per heavy atom. The van der Waals surface area contributed by atoms with Crippen molar-refractivity contribution in [1.82, 2.24) is 10.2 Å². The molecule has 0 bridgehead atoms. The maximum atomic E-state index is 12.8. The first-order valence-electron chi connectivity index (χ1n) is 9.06. The molecule has 1 heterocycles. The highest BCUT2D eigenvalue weighted by Crippen LogP contribution is 2.26. The van der Waals surface area contributed by atoms with Crippen LogP contribution in [0.25, 0.3) is 0 Å². The Morgan fingerprint density at radius 1 is 1.29 bits per heavy atom. The number of benzene rings is 1. The van der Waals surface area contributed by atoms with Crippen LogP contribution in [0.3, 0.4) is 0 Å². The predicted octanol–water partition coefficient (Wildman–Crippen LogP) is 1.35. The molecule has 2 aliphatic rings. The van der Waals surface area contributed by atoms with E-state index in [-0.39, 0.29) is 24.6 Å². The van der Waals surface area contributed by atoms with Gasteiger partial charge in [-0.3, -0.25) is 9.69 Å². The van der Waals surface area contributed by atoms with Gasteiger partial charge in [0, 0.05) is 12.6 Å². The number of morpholine rings is 1. The van der Waals surface area contributed by atoms with Gasteiger partial charge in [-0.25, -0.2) is 0 Å². The number of amides is 1. The summed E-state index contributed by atoms with van der Waals surface area (Å²) in [4.78, 5) is 15.1. The molecule has 1 saturated heterocycles. The molecule has 5 heteroatoms. The van der Waals surface area contributed by atoms with E-state index in [1.807, 2.05) is 30.3 Å². The fraction of sp³-hybridized carbons (Fsp3) is 0.632. The number of carbonyl (C=O) groups is 1. The van der Waals surface area contributed by atoms with Crippen LogP contribution in [-0.4, -0.2) is 60.4 Å². The molecule has 0 aromatic heterocycles. The second-order valence-electron chi connectivity index (χ2n) is 6.84. The van der Waals surface area contributed by atoms with Gasteiger partial charge in [0.15, 0.2) is 0 Å². The lowest BCUT2D eigenvalue weighted by Gasteiger charge is -2.39. The van der Waals surface area contributed by atoms with Crippen LogP contribution < -0.4 is 5.32 Å². The molecule has 1 aromatic rings. The number of aliphatic hydroxyl groups is 1. The number of nitrogens with one attached hydrogen (secondary N) is 1. The monoisotopic (exact) mass is 332 g/mol. The van der Waals surface area contributed by atoms with E-state index < -0.39 is 0 Å². The molecule has 1 aliphatic heterocycles. The standard InChI is InChI=1S/C19H28N2O3/c22-13-16(12-15-6-2-1-3-7-15)20-19(23)18-14-24-11-10-21(18)17-8-4-5-9-17/h1-3,6-7,16-18,22H,4-5,8-14H2,(H,20,23)/t16-,18+/m0/s1. The lowest BCUT2D eigenvalue weighted by Crippen LogP contribution is -2.58. The zero-order valence-electron chi connectivity index (χ0n) is 14.2. The average Bonchev–Trinajstić information content (AvgIpc) is 3.16. The highest BCUT2D eigenvalue weighted by atomic mass is 16.5. The summed E-state index contributed by atoms with van der Waals surface area (Å²) in [6, 6.07) is 9.97. The quantitative estimate of drug-likeness (QED) is 0.825. The normalized spacial score (nSPS) is 24.0. The maximum absolute atomic E-state index is 12.8. The third kappa shape index (κ3) is 4.35. The van der Waals surface area contributed by atoms with Crippen LogP contribution in [0.4, 0.5) is 0 Å². The lowest BCUT2D eigenvalue weighted by atomic mass is 10.0. The minimum absolute atomic E-state index is 0.0171. The Balaban J connectivity index is 1.60. The van der Waals surface area contributed by atoms with Crippen molar-refractivity contribution in [2.75, 3.05) is 26.4 Å². The van der Waals surface area contributed by atoms with Crippen LogP contribution in [0.2, 0.25) is 0 Å². The van der Waals surface area contributed by atoms with E-state index >= 15 is 0 Å². The Kier molecular flexibility index (Phi) is 6.24. The summed E-state index contributed by atoms with van der Waals surface area (Å²) in [5, 5.41) is 12.7. The molecular formula is C19H28N2O3. The predicted molar refractivity (Wildman–Crippen MR) is 92.7 cm³/mol. The van der Waals surface area contributed by atoms with Gasteiger partial charge < -0.3 is 15.2 Å². The summed E-state index contributed by atoms with van der Waals surface area (Å²) < 4.78 is 5.56. The topological polar surface area (TPSA) is 61.8 Å². The largest absolute Gasteiger partial charge is 0.394 e. The lowest BCUT2D eigenvalue weighted by molar-refractivity contribution is -0.135. The van der Waals surface area contributed by atoms with E-state index in [0.717, 1.165) is 12.1 Å². The van der Waals surface area contributed by atoms with Crippen molar-refractivity contribution >= 4 is 5.91 Å². The molecule has 2 atom stereocenters. The summed E-state index contributed by atoms with van der Waals surface area (Å²) in [5.74, 6) is -0.0171. The van der Waals surface area contributed by atoms with Crippen molar-refractivity contribution < 1.29 is 14.6 Å². The van der Waals surface area contributed by atoms with E-state index in [1.165, 1.54) is 25.7 Å². The maximum Gasteiger partial charge on any atom is 0.240 e. The first-order valence-corrected chi connectivity index (χ1v) is 9.06. The van der Waals surface area contributed by atoms with Crippen molar-refractivity contribution in [2.45, 2.75) is 50.2 Å². The van der Waals surface area contributed by atoms with Crippen molar-refractivity contribution in [1.29, 1.82) is 0 Å². The Hall–Kier alpha value is -1.43. The van der Waals surface area contributed by atoms with E-state index in [0.29, 0.717) is 25.7 Å². The third-order valence-electron chi connectivity index (χ3n) is 5.16. The fourth-order valence-corrected chi connectivity index (χ4v) is 3.87. The van der Waals surface area contributed by atoms with Gasteiger partial charge in [-0.15, -0.1) is 0 Å². The van der Waals surface area contributed by atoms with Crippen LogP contribution in [0, 0.1) is 0 Å². The highest BCUT2D eigenvalue weighted by Gasteiger charge is 2.35. The van der Waals surface area contributed by atoms with Crippen LogP contribution >= 0.6 is 0 Å². The zero-order valence-corrected chi connectivity index (χ0v) is 14.2. The second kappa shape index (κ2) is 8.60. The molecule has 1 saturated carbocycles. The summed E-state index contributed by atoms with van der Waals surface area (Å²) >= 11 is 0. The molecule has 3 rings (SSSR count). The van der Waals surface area contributed by atoms with Crippen molar-refractivity contribution in [3.05, 3.63) is 35.9 Å². The molecule has 1 aromatic carbocycles. The number of rotatable bonds is 6. The van der Waals surface area contributed by atoms with Gasteiger partial charge in [0.25, 0.3) is 0 Å². The molecular weight excluding hydrogens is 304 g/mol. The molecule has 1 amide bonds.